The molecule has 0 aromatic heterocycles. The smallest absolute Gasteiger partial charge is 0.279 e. The predicted octanol–water partition coefficient (Wildman–Crippen LogP) is 3.69. The monoisotopic (exact) mass is 485 g/mol. The summed E-state index contributed by atoms with van der Waals surface area (Å²) >= 11 is 11.3. The summed E-state index contributed by atoms with van der Waals surface area (Å²) in [5.41, 5.74) is 6.01. The number of nitrogens with two attached hydrogens (primary N) is 1. The third-order valence-corrected chi connectivity index (χ3v) is 5.94. The van der Waals surface area contributed by atoms with Gasteiger partial charge in [0.2, 0.25) is 0 Å². The van der Waals surface area contributed by atoms with Crippen molar-refractivity contribution in [3.8, 4) is 11.5 Å². The Labute approximate surface area is 195 Å². The molecule has 0 radical (unpaired) electrons. The minimum absolute atomic E-state index is 0.0115. The van der Waals surface area contributed by atoms with Crippen LogP contribution in [0.25, 0.3) is 0 Å². The highest BCUT2D eigenvalue weighted by atomic mass is 35.5. The predicted molar refractivity (Wildman–Crippen MR) is 119 cm³/mol. The second-order valence-electron chi connectivity index (χ2n) is 7.86. The van der Waals surface area contributed by atoms with Crippen LogP contribution >= 0.6 is 23.2 Å². The van der Waals surface area contributed by atoms with Crippen molar-refractivity contribution < 1.29 is 28.0 Å². The molecule has 1 aliphatic rings. The number of hydrogen-bond donors (Lipinski definition) is 2. The molecule has 32 heavy (non-hydrogen) atoms. The lowest BCUT2D eigenvalue weighted by molar-refractivity contribution is -0.510. The van der Waals surface area contributed by atoms with Gasteiger partial charge in [-0.05, 0) is 55.9 Å². The lowest BCUT2D eigenvalue weighted by Crippen LogP contribution is -2.83. The van der Waals surface area contributed by atoms with Crippen LogP contribution in [-0.2, 0) is 4.79 Å². The number of amidine groups is 1. The van der Waals surface area contributed by atoms with Gasteiger partial charge in [-0.15, -0.1) is 0 Å². The SMILES string of the molecule is NC(COc1ccc(Cl)c(F)c1)=[NH+]C1CCC(CC(=O)COc2ccc(Cl)c(F)c2)CC1. The third-order valence-electron chi connectivity index (χ3n) is 5.33. The zero-order valence-corrected chi connectivity index (χ0v) is 18.9. The van der Waals surface area contributed by atoms with Crippen molar-refractivity contribution in [1.29, 1.82) is 0 Å². The number of ether oxygens (including phenoxy) is 2. The van der Waals surface area contributed by atoms with Gasteiger partial charge in [0.1, 0.15) is 29.7 Å². The van der Waals surface area contributed by atoms with E-state index < -0.39 is 11.6 Å². The largest absolute Gasteiger partial charge is 0.486 e. The van der Waals surface area contributed by atoms with E-state index in [-0.39, 0.29) is 46.8 Å². The second kappa shape index (κ2) is 11.5. The van der Waals surface area contributed by atoms with Crippen LogP contribution in [0.15, 0.2) is 36.4 Å². The average Bonchev–Trinajstić information content (AvgIpc) is 2.77. The molecule has 0 amide bonds. The number of hydrogen-bond acceptors (Lipinski definition) is 3. The van der Waals surface area contributed by atoms with Gasteiger partial charge in [0.15, 0.2) is 12.4 Å². The normalized spacial score (nSPS) is 18.9. The topological polar surface area (TPSA) is 75.5 Å². The lowest BCUT2D eigenvalue weighted by Gasteiger charge is -2.24. The fourth-order valence-corrected chi connectivity index (χ4v) is 3.89. The van der Waals surface area contributed by atoms with Crippen LogP contribution in [0, 0.1) is 17.6 Å². The first-order valence-corrected chi connectivity index (χ1v) is 11.1. The minimum atomic E-state index is -0.579. The molecule has 0 aliphatic heterocycles. The second-order valence-corrected chi connectivity index (χ2v) is 8.67. The Morgan fingerprint density at radius 1 is 0.938 bits per heavy atom. The number of halogens is 4. The van der Waals surface area contributed by atoms with E-state index in [0.717, 1.165) is 25.7 Å². The van der Waals surface area contributed by atoms with Gasteiger partial charge in [-0.25, -0.2) is 8.78 Å². The standard InChI is InChI=1S/C23H24Cl2F2N2O3/c24-19-7-5-17(10-21(19)26)31-12-16(30)9-14-1-3-15(4-2-14)29-23(28)13-32-18-6-8-20(25)22(27)11-18/h5-8,10-11,14-15H,1-4,9,12-13H2,(H2,28,29)/p+1. The van der Waals surface area contributed by atoms with Crippen molar-refractivity contribution >= 4 is 34.8 Å². The van der Waals surface area contributed by atoms with Crippen molar-refractivity contribution in [2.75, 3.05) is 13.2 Å². The fraction of sp³-hybridized carbons (Fsp3) is 0.391. The van der Waals surface area contributed by atoms with Crippen molar-refractivity contribution in [1.82, 2.24) is 0 Å². The molecule has 9 heteroatoms. The first-order chi connectivity index (χ1) is 15.3. The van der Waals surface area contributed by atoms with Gasteiger partial charge in [-0.1, -0.05) is 23.2 Å². The number of nitrogens with one attached hydrogen (secondary N) is 1. The zero-order chi connectivity index (χ0) is 23.1. The fourth-order valence-electron chi connectivity index (χ4n) is 3.65. The number of rotatable bonds is 9. The molecule has 2 aromatic rings. The molecule has 0 unspecified atom stereocenters. The van der Waals surface area contributed by atoms with Gasteiger partial charge in [0.05, 0.1) is 16.1 Å². The highest BCUT2D eigenvalue weighted by molar-refractivity contribution is 6.31. The van der Waals surface area contributed by atoms with E-state index in [1.165, 1.54) is 30.3 Å². The number of Topliss-reactive ketones (excluding diaryl/α,β-unsaturated/α-hetero) is 1. The number of carbonyl (C=O) groups excluding carboxylic acids is 1. The summed E-state index contributed by atoms with van der Waals surface area (Å²) in [4.78, 5) is 15.5. The van der Waals surface area contributed by atoms with E-state index in [1.54, 1.807) is 6.07 Å². The Kier molecular flexibility index (Phi) is 8.70. The van der Waals surface area contributed by atoms with Crippen molar-refractivity contribution in [2.24, 2.45) is 11.7 Å². The summed E-state index contributed by atoms with van der Waals surface area (Å²) < 4.78 is 37.7. The molecule has 1 aliphatic carbocycles. The van der Waals surface area contributed by atoms with Crippen LogP contribution in [0.2, 0.25) is 10.0 Å². The summed E-state index contributed by atoms with van der Waals surface area (Å²) in [5.74, 6) is 0.222. The van der Waals surface area contributed by atoms with E-state index in [9.17, 15) is 13.6 Å². The van der Waals surface area contributed by atoms with E-state index in [2.05, 4.69) is 4.99 Å². The Morgan fingerprint density at radius 2 is 1.47 bits per heavy atom. The molecule has 0 saturated heterocycles. The van der Waals surface area contributed by atoms with Gasteiger partial charge < -0.3 is 9.47 Å². The molecular weight excluding hydrogens is 461 g/mol. The van der Waals surface area contributed by atoms with Crippen LogP contribution in [0.5, 0.6) is 11.5 Å². The van der Waals surface area contributed by atoms with Crippen LogP contribution in [0.4, 0.5) is 8.78 Å². The van der Waals surface area contributed by atoms with Gasteiger partial charge in [0.25, 0.3) is 5.84 Å². The number of carbonyl (C=O) groups is 1. The molecule has 1 saturated carbocycles. The first-order valence-electron chi connectivity index (χ1n) is 10.4. The summed E-state index contributed by atoms with van der Waals surface area (Å²) in [6, 6.07) is 8.51. The third kappa shape index (κ3) is 7.35. The lowest BCUT2D eigenvalue weighted by atomic mass is 9.83. The Bertz CT molecular complexity index is 980. The molecule has 0 atom stereocenters. The summed E-state index contributed by atoms with van der Waals surface area (Å²) in [6.07, 6.45) is 3.94. The average molecular weight is 486 g/mol. The van der Waals surface area contributed by atoms with E-state index in [0.29, 0.717) is 18.0 Å². The van der Waals surface area contributed by atoms with E-state index in [4.69, 9.17) is 38.4 Å². The summed E-state index contributed by atoms with van der Waals surface area (Å²) in [5, 5.41) is 0.0467. The molecule has 0 spiro atoms. The highest BCUT2D eigenvalue weighted by Crippen LogP contribution is 2.26. The Balaban J connectivity index is 1.37. The molecule has 0 heterocycles. The van der Waals surface area contributed by atoms with Crippen molar-refractivity contribution in [3.05, 3.63) is 58.1 Å². The molecule has 172 valence electrons. The molecule has 3 N–H and O–H groups in total. The zero-order valence-electron chi connectivity index (χ0n) is 17.4. The van der Waals surface area contributed by atoms with E-state index >= 15 is 0 Å². The van der Waals surface area contributed by atoms with E-state index in [1.807, 2.05) is 0 Å². The number of ketones is 1. The van der Waals surface area contributed by atoms with Crippen LogP contribution in [0.3, 0.4) is 0 Å². The van der Waals surface area contributed by atoms with Gasteiger partial charge in [-0.2, -0.15) is 0 Å². The van der Waals surface area contributed by atoms with Crippen LogP contribution in [-0.4, -0.2) is 30.9 Å². The van der Waals surface area contributed by atoms with Gasteiger partial charge in [0, 0.05) is 18.6 Å². The van der Waals surface area contributed by atoms with Crippen LogP contribution in [0.1, 0.15) is 32.1 Å². The highest BCUT2D eigenvalue weighted by Gasteiger charge is 2.24. The van der Waals surface area contributed by atoms with Crippen LogP contribution < -0.4 is 20.2 Å². The molecule has 5 nitrogen and oxygen atoms in total. The maximum Gasteiger partial charge on any atom is 0.279 e. The Morgan fingerprint density at radius 3 is 2.00 bits per heavy atom. The maximum absolute atomic E-state index is 13.5. The van der Waals surface area contributed by atoms with Gasteiger partial charge in [-0.3, -0.25) is 15.5 Å². The van der Waals surface area contributed by atoms with Crippen molar-refractivity contribution in [2.45, 2.75) is 38.1 Å². The number of benzene rings is 2. The molecule has 0 bridgehead atoms. The molecule has 2 aromatic carbocycles. The summed E-state index contributed by atoms with van der Waals surface area (Å²) in [6.45, 7) is 0.0186. The first kappa shape index (κ1) is 24.3. The van der Waals surface area contributed by atoms with Gasteiger partial charge >= 0.3 is 0 Å². The quantitative estimate of drug-likeness (QED) is 0.419. The van der Waals surface area contributed by atoms with Crippen molar-refractivity contribution in [3.63, 3.8) is 0 Å². The minimum Gasteiger partial charge on any atom is -0.486 e. The molecular formula is C23H25Cl2F2N2O3+. The maximum atomic E-state index is 13.5. The molecule has 3 rings (SSSR count). The Hall–Kier alpha value is -2.38. The molecule has 1 fully saturated rings. The summed E-state index contributed by atoms with van der Waals surface area (Å²) in [7, 11) is 0.